The third-order valence-electron chi connectivity index (χ3n) is 0.688. The van der Waals surface area contributed by atoms with Crippen LogP contribution in [0.2, 0.25) is 0 Å². The van der Waals surface area contributed by atoms with Crippen LogP contribution in [0, 0.1) is 0 Å². The molecule has 1 rings (SSSR count). The topological polar surface area (TPSA) is 73.9 Å². The number of nitrogen functional groups attached to an aromatic ring is 1. The zero-order valence-electron chi connectivity index (χ0n) is 4.54. The van der Waals surface area contributed by atoms with Crippen LogP contribution in [0.3, 0.4) is 0 Å². The molecule has 0 amide bonds. The molecule has 0 spiro atoms. The van der Waals surface area contributed by atoms with Gasteiger partial charge in [-0.1, -0.05) is 6.07 Å². The Morgan fingerprint density at radius 3 is 2.38 bits per heavy atom. The number of hydrogen-bond acceptors (Lipinski definition) is 3. The van der Waals surface area contributed by atoms with Crippen LogP contribution in [-0.4, -0.2) is 4.98 Å². The summed E-state index contributed by atoms with van der Waals surface area (Å²) in [7, 11) is 0. The molecule has 0 radical (unpaired) electrons. The van der Waals surface area contributed by atoms with Gasteiger partial charge in [-0.2, -0.15) is 0 Å². The zero-order chi connectivity index (χ0) is 5.11. The van der Waals surface area contributed by atoms with Crippen LogP contribution in [0.1, 0.15) is 0 Å². The Hall–Kier alpha value is -1.09. The Balaban J connectivity index is 0.000000490. The van der Waals surface area contributed by atoms with Gasteiger partial charge in [-0.3, -0.25) is 0 Å². The number of aromatic nitrogens is 1. The van der Waals surface area contributed by atoms with Crippen molar-refractivity contribution < 1.29 is 0 Å². The van der Waals surface area contributed by atoms with E-state index in [2.05, 4.69) is 4.98 Å². The Bertz CT molecular complexity index is 138. The molecule has 1 aromatic heterocycles. The van der Waals surface area contributed by atoms with Crippen molar-refractivity contribution in [3.8, 4) is 0 Å². The summed E-state index contributed by atoms with van der Waals surface area (Å²) in [6, 6.07) is 5.43. The standard InChI is InChI=1S/C5H6N2.H3N/c6-5-3-1-2-4-7-5;/h1-4H,(H2,6,7);1H3. The Labute approximate surface area is 48.1 Å². The maximum Gasteiger partial charge on any atom is 0.123 e. The molecule has 1 aromatic rings. The van der Waals surface area contributed by atoms with Crippen LogP contribution in [0.15, 0.2) is 24.4 Å². The summed E-state index contributed by atoms with van der Waals surface area (Å²) in [5.41, 5.74) is 5.25. The second kappa shape index (κ2) is 2.98. The molecule has 0 saturated heterocycles. The van der Waals surface area contributed by atoms with E-state index in [1.807, 2.05) is 12.1 Å². The minimum absolute atomic E-state index is 0. The van der Waals surface area contributed by atoms with Gasteiger partial charge >= 0.3 is 0 Å². The van der Waals surface area contributed by atoms with E-state index in [0.29, 0.717) is 5.82 Å². The average molecular weight is 111 g/mol. The van der Waals surface area contributed by atoms with Crippen LogP contribution in [0.5, 0.6) is 0 Å². The molecule has 44 valence electrons. The van der Waals surface area contributed by atoms with Gasteiger partial charge < -0.3 is 11.9 Å². The summed E-state index contributed by atoms with van der Waals surface area (Å²) in [5, 5.41) is 0. The summed E-state index contributed by atoms with van der Waals surface area (Å²) in [6.07, 6.45) is 1.66. The summed E-state index contributed by atoms with van der Waals surface area (Å²) < 4.78 is 0. The molecule has 0 aliphatic carbocycles. The molecular weight excluding hydrogens is 102 g/mol. The smallest absolute Gasteiger partial charge is 0.123 e. The van der Waals surface area contributed by atoms with Gasteiger partial charge in [0.05, 0.1) is 0 Å². The van der Waals surface area contributed by atoms with Gasteiger partial charge in [-0.15, -0.1) is 0 Å². The molecule has 0 fully saturated rings. The van der Waals surface area contributed by atoms with E-state index >= 15 is 0 Å². The first-order chi connectivity index (χ1) is 3.39. The maximum atomic E-state index is 5.25. The molecule has 0 unspecified atom stereocenters. The number of anilines is 1. The van der Waals surface area contributed by atoms with Crippen molar-refractivity contribution in [3.05, 3.63) is 24.4 Å². The first kappa shape index (κ1) is 6.91. The van der Waals surface area contributed by atoms with Crippen molar-refractivity contribution in [2.45, 2.75) is 0 Å². The third kappa shape index (κ3) is 1.57. The van der Waals surface area contributed by atoms with Gasteiger partial charge in [0.2, 0.25) is 0 Å². The SMILES string of the molecule is N.Nc1ccccn1. The Morgan fingerprint density at radius 1 is 1.38 bits per heavy atom. The van der Waals surface area contributed by atoms with E-state index in [4.69, 9.17) is 5.73 Å². The van der Waals surface area contributed by atoms with Gasteiger partial charge in [0, 0.05) is 6.20 Å². The number of nitrogens with two attached hydrogens (primary N) is 1. The molecule has 0 aliphatic rings. The van der Waals surface area contributed by atoms with Gasteiger partial charge in [-0.05, 0) is 12.1 Å². The fourth-order valence-electron chi connectivity index (χ4n) is 0.376. The van der Waals surface area contributed by atoms with Crippen molar-refractivity contribution in [2.24, 2.45) is 0 Å². The molecule has 3 heteroatoms. The molecule has 3 nitrogen and oxygen atoms in total. The molecule has 0 atom stereocenters. The number of rotatable bonds is 0. The Morgan fingerprint density at radius 2 is 2.12 bits per heavy atom. The van der Waals surface area contributed by atoms with E-state index in [-0.39, 0.29) is 6.15 Å². The van der Waals surface area contributed by atoms with Crippen LogP contribution in [-0.2, 0) is 0 Å². The molecule has 0 bridgehead atoms. The lowest BCUT2D eigenvalue weighted by Crippen LogP contribution is -1.85. The lowest BCUT2D eigenvalue weighted by atomic mass is 10.5. The quantitative estimate of drug-likeness (QED) is 0.520. The zero-order valence-corrected chi connectivity index (χ0v) is 4.54. The Kier molecular flexibility index (Phi) is 2.58. The maximum absolute atomic E-state index is 5.25. The highest BCUT2D eigenvalue weighted by atomic mass is 14.8. The summed E-state index contributed by atoms with van der Waals surface area (Å²) >= 11 is 0. The minimum atomic E-state index is 0. The fourth-order valence-corrected chi connectivity index (χ4v) is 0.376. The van der Waals surface area contributed by atoms with Crippen molar-refractivity contribution in [2.75, 3.05) is 5.73 Å². The molecule has 1 heterocycles. The molecule has 0 aliphatic heterocycles. The second-order valence-electron chi connectivity index (χ2n) is 1.25. The third-order valence-corrected chi connectivity index (χ3v) is 0.688. The number of hydrogen-bond donors (Lipinski definition) is 2. The van der Waals surface area contributed by atoms with Crippen molar-refractivity contribution in [3.63, 3.8) is 0 Å². The van der Waals surface area contributed by atoms with Gasteiger partial charge in [0.25, 0.3) is 0 Å². The average Bonchev–Trinajstić information content (AvgIpc) is 1.69. The predicted molar refractivity (Wildman–Crippen MR) is 33.7 cm³/mol. The monoisotopic (exact) mass is 111 g/mol. The first-order valence-corrected chi connectivity index (χ1v) is 2.06. The van der Waals surface area contributed by atoms with Crippen LogP contribution in [0.4, 0.5) is 5.82 Å². The van der Waals surface area contributed by atoms with Gasteiger partial charge in [0.1, 0.15) is 5.82 Å². The van der Waals surface area contributed by atoms with Crippen LogP contribution >= 0.6 is 0 Å². The highest BCUT2D eigenvalue weighted by molar-refractivity contribution is 5.25. The molecular formula is C5H9N3. The molecule has 5 N–H and O–H groups in total. The van der Waals surface area contributed by atoms with Crippen LogP contribution < -0.4 is 11.9 Å². The highest BCUT2D eigenvalue weighted by Crippen LogP contribution is 1.89. The summed E-state index contributed by atoms with van der Waals surface area (Å²) in [6.45, 7) is 0. The van der Waals surface area contributed by atoms with Gasteiger partial charge in [0.15, 0.2) is 0 Å². The second-order valence-corrected chi connectivity index (χ2v) is 1.25. The minimum Gasteiger partial charge on any atom is -0.384 e. The van der Waals surface area contributed by atoms with Crippen LogP contribution in [0.25, 0.3) is 0 Å². The normalized spacial score (nSPS) is 7.50. The number of pyridine rings is 1. The van der Waals surface area contributed by atoms with Gasteiger partial charge in [-0.25, -0.2) is 4.98 Å². The predicted octanol–water partition coefficient (Wildman–Crippen LogP) is 0.826. The van der Waals surface area contributed by atoms with Crippen molar-refractivity contribution in [1.29, 1.82) is 0 Å². The van der Waals surface area contributed by atoms with E-state index in [1.165, 1.54) is 0 Å². The number of nitrogens with zero attached hydrogens (tertiary/aromatic N) is 1. The van der Waals surface area contributed by atoms with E-state index in [1.54, 1.807) is 12.3 Å². The van der Waals surface area contributed by atoms with E-state index in [0.717, 1.165) is 0 Å². The lowest BCUT2D eigenvalue weighted by Gasteiger charge is -1.82. The fraction of sp³-hybridized carbons (Fsp3) is 0. The molecule has 0 saturated carbocycles. The summed E-state index contributed by atoms with van der Waals surface area (Å²) in [4.78, 5) is 3.76. The van der Waals surface area contributed by atoms with Crippen molar-refractivity contribution >= 4 is 5.82 Å². The largest absolute Gasteiger partial charge is 0.384 e. The molecule has 0 aromatic carbocycles. The summed E-state index contributed by atoms with van der Waals surface area (Å²) in [5.74, 6) is 0.572. The lowest BCUT2D eigenvalue weighted by molar-refractivity contribution is 1.34. The molecule has 8 heavy (non-hydrogen) atoms. The van der Waals surface area contributed by atoms with Crippen molar-refractivity contribution in [1.82, 2.24) is 11.1 Å². The highest BCUT2D eigenvalue weighted by Gasteiger charge is 1.73. The first-order valence-electron chi connectivity index (χ1n) is 2.06. The van der Waals surface area contributed by atoms with E-state index < -0.39 is 0 Å². The van der Waals surface area contributed by atoms with E-state index in [9.17, 15) is 0 Å².